The van der Waals surface area contributed by atoms with Gasteiger partial charge in [0.15, 0.2) is 5.69 Å². The van der Waals surface area contributed by atoms with Gasteiger partial charge in [0.05, 0.1) is 12.3 Å². The average Bonchev–Trinajstić information content (AvgIpc) is 2.81. The van der Waals surface area contributed by atoms with Crippen LogP contribution in [0.2, 0.25) is 0 Å². The Morgan fingerprint density at radius 1 is 1.15 bits per heavy atom. The first kappa shape index (κ1) is 25.3. The second-order valence-corrected chi connectivity index (χ2v) is 9.03. The van der Waals surface area contributed by atoms with Gasteiger partial charge < -0.3 is 15.4 Å². The van der Waals surface area contributed by atoms with Crippen molar-refractivity contribution in [3.8, 4) is 0 Å². The lowest BCUT2D eigenvalue weighted by Gasteiger charge is -2.24. The molecule has 3 aromatic rings. The number of methoxy groups -OCH3 is 1. The monoisotopic (exact) mass is 482 g/mol. The van der Waals surface area contributed by atoms with Crippen LogP contribution in [-0.4, -0.2) is 41.5 Å². The summed E-state index contributed by atoms with van der Waals surface area (Å²) in [7, 11) is 1.57. The molecule has 0 bridgehead atoms. The van der Waals surface area contributed by atoms with Crippen LogP contribution in [0.3, 0.4) is 0 Å². The third-order valence-electron chi connectivity index (χ3n) is 5.39. The van der Waals surface area contributed by atoms with Crippen LogP contribution in [0.1, 0.15) is 23.1 Å². The van der Waals surface area contributed by atoms with E-state index in [1.54, 1.807) is 7.11 Å². The van der Waals surface area contributed by atoms with Crippen molar-refractivity contribution in [2.75, 3.05) is 36.6 Å². The van der Waals surface area contributed by atoms with Gasteiger partial charge in [-0.05, 0) is 37.5 Å². The molecule has 1 aromatic heterocycles. The van der Waals surface area contributed by atoms with E-state index in [0.717, 1.165) is 21.6 Å². The Morgan fingerprint density at radius 2 is 1.88 bits per heavy atom. The largest absolute Gasteiger partial charge is 0.385 e. The second-order valence-electron chi connectivity index (χ2n) is 8.01. The fourth-order valence-electron chi connectivity index (χ4n) is 3.57. The van der Waals surface area contributed by atoms with Crippen LogP contribution in [0, 0.1) is 13.8 Å². The molecular weight excluding hydrogens is 452 g/mol. The number of aromatic amines is 1. The highest BCUT2D eigenvalue weighted by Crippen LogP contribution is 2.25. The minimum Gasteiger partial charge on any atom is -0.385 e. The molecule has 0 aliphatic rings. The van der Waals surface area contributed by atoms with Gasteiger partial charge >= 0.3 is 5.69 Å². The zero-order chi connectivity index (χ0) is 24.7. The van der Waals surface area contributed by atoms with Crippen molar-refractivity contribution >= 4 is 29.2 Å². The number of carbonyl (C=O) groups is 1. The maximum atomic E-state index is 13.3. The molecule has 3 rings (SSSR count). The van der Waals surface area contributed by atoms with Crippen LogP contribution < -0.4 is 21.9 Å². The summed E-state index contributed by atoms with van der Waals surface area (Å²) in [6, 6.07) is 15.4. The first-order chi connectivity index (χ1) is 16.3. The molecule has 0 aliphatic heterocycles. The molecular formula is C25H30N4O4S. The highest BCUT2D eigenvalue weighted by atomic mass is 32.2. The number of rotatable bonds is 10. The van der Waals surface area contributed by atoms with Crippen molar-refractivity contribution in [3.05, 3.63) is 86.1 Å². The fraction of sp³-hybridized carbons (Fsp3) is 0.320. The molecule has 0 saturated carbocycles. The number of aromatic nitrogens is 2. The van der Waals surface area contributed by atoms with Crippen molar-refractivity contribution in [1.29, 1.82) is 0 Å². The van der Waals surface area contributed by atoms with E-state index in [0.29, 0.717) is 13.0 Å². The number of nitrogens with zero attached hydrogens (tertiary/aromatic N) is 2. The summed E-state index contributed by atoms with van der Waals surface area (Å²) in [5, 5.41) is 0. The smallest absolute Gasteiger partial charge is 0.330 e. The molecule has 8 nitrogen and oxygen atoms in total. The Hall–Kier alpha value is -3.30. The molecule has 3 N–H and O–H groups in total. The topological polar surface area (TPSA) is 110 Å². The first-order valence-corrected chi connectivity index (χ1v) is 12.0. The predicted molar refractivity (Wildman–Crippen MR) is 137 cm³/mol. The van der Waals surface area contributed by atoms with Gasteiger partial charge in [0.1, 0.15) is 5.82 Å². The van der Waals surface area contributed by atoms with Crippen molar-refractivity contribution in [2.24, 2.45) is 0 Å². The summed E-state index contributed by atoms with van der Waals surface area (Å²) in [4.78, 5) is 43.4. The van der Waals surface area contributed by atoms with Crippen molar-refractivity contribution < 1.29 is 9.53 Å². The summed E-state index contributed by atoms with van der Waals surface area (Å²) in [5.41, 5.74) is 8.04. The van der Waals surface area contributed by atoms with Gasteiger partial charge in [-0.3, -0.25) is 19.1 Å². The molecule has 180 valence electrons. The number of anilines is 2. The van der Waals surface area contributed by atoms with E-state index in [1.165, 1.54) is 21.2 Å². The number of nitrogens with two attached hydrogens (primary N) is 1. The normalized spacial score (nSPS) is 10.9. The molecule has 0 radical (unpaired) electrons. The quantitative estimate of drug-likeness (QED) is 0.340. The number of benzene rings is 2. The van der Waals surface area contributed by atoms with Crippen LogP contribution in [0.15, 0.2) is 63.0 Å². The Bertz CT molecular complexity index is 1250. The minimum absolute atomic E-state index is 0.0156. The van der Waals surface area contributed by atoms with Gasteiger partial charge in [0, 0.05) is 25.2 Å². The molecule has 0 fully saturated rings. The maximum absolute atomic E-state index is 13.3. The standard InChI is InChI=1S/C25H30N4O4S/c1-17-10-11-18(2)20(14-17)34-16-21(30)28(12-7-13-33-3)22-23(26)29(25(32)27-24(22)31)15-19-8-5-4-6-9-19/h4-6,8-11,14H,7,12-13,15-16,26H2,1-3H3,(H,27,31,32). The number of aryl methyl sites for hydroxylation is 2. The number of hydrogen-bond donors (Lipinski definition) is 2. The lowest BCUT2D eigenvalue weighted by molar-refractivity contribution is -0.116. The van der Waals surface area contributed by atoms with Gasteiger partial charge in [-0.1, -0.05) is 48.0 Å². The van der Waals surface area contributed by atoms with Gasteiger partial charge in [-0.2, -0.15) is 0 Å². The highest BCUT2D eigenvalue weighted by molar-refractivity contribution is 8.00. The molecule has 0 unspecified atom stereocenters. The van der Waals surface area contributed by atoms with E-state index in [2.05, 4.69) is 4.98 Å². The molecule has 0 spiro atoms. The number of amides is 1. The summed E-state index contributed by atoms with van der Waals surface area (Å²) < 4.78 is 6.41. The van der Waals surface area contributed by atoms with Gasteiger partial charge in [-0.15, -0.1) is 11.8 Å². The number of H-pyrrole nitrogens is 1. The third kappa shape index (κ3) is 6.18. The molecule has 2 aromatic carbocycles. The van der Waals surface area contributed by atoms with Gasteiger partial charge in [0.25, 0.3) is 5.56 Å². The van der Waals surface area contributed by atoms with Crippen LogP contribution in [0.25, 0.3) is 0 Å². The highest BCUT2D eigenvalue weighted by Gasteiger charge is 2.24. The zero-order valence-corrected chi connectivity index (χ0v) is 20.5. The maximum Gasteiger partial charge on any atom is 0.330 e. The second kappa shape index (κ2) is 11.7. The van der Waals surface area contributed by atoms with Crippen LogP contribution >= 0.6 is 11.8 Å². The Balaban J connectivity index is 1.94. The lowest BCUT2D eigenvalue weighted by atomic mass is 10.2. The summed E-state index contributed by atoms with van der Waals surface area (Å²) >= 11 is 1.41. The van der Waals surface area contributed by atoms with Crippen LogP contribution in [0.4, 0.5) is 11.5 Å². The lowest BCUT2D eigenvalue weighted by Crippen LogP contribution is -2.42. The van der Waals surface area contributed by atoms with Crippen molar-refractivity contribution in [3.63, 3.8) is 0 Å². The number of nitrogen functional groups attached to an aromatic ring is 1. The number of hydrogen-bond acceptors (Lipinski definition) is 6. The van der Waals surface area contributed by atoms with Gasteiger partial charge in [-0.25, -0.2) is 4.79 Å². The number of ether oxygens (including phenoxy) is 1. The molecule has 1 heterocycles. The number of carbonyl (C=O) groups excluding carboxylic acids is 1. The third-order valence-corrected chi connectivity index (χ3v) is 6.54. The fourth-order valence-corrected chi connectivity index (χ4v) is 4.57. The van der Waals surface area contributed by atoms with E-state index >= 15 is 0 Å². The van der Waals surface area contributed by atoms with E-state index < -0.39 is 11.2 Å². The molecule has 34 heavy (non-hydrogen) atoms. The molecule has 9 heteroatoms. The summed E-state index contributed by atoms with van der Waals surface area (Å²) in [5.74, 6) is -0.197. The molecule has 0 aliphatic carbocycles. The average molecular weight is 483 g/mol. The van der Waals surface area contributed by atoms with E-state index in [9.17, 15) is 14.4 Å². The van der Waals surface area contributed by atoms with E-state index in [4.69, 9.17) is 10.5 Å². The van der Waals surface area contributed by atoms with E-state index in [-0.39, 0.29) is 36.3 Å². The van der Waals surface area contributed by atoms with Crippen molar-refractivity contribution in [1.82, 2.24) is 9.55 Å². The van der Waals surface area contributed by atoms with Crippen LogP contribution in [0.5, 0.6) is 0 Å². The SMILES string of the molecule is COCCCN(C(=O)CSc1cc(C)ccc1C)c1c(N)n(Cc2ccccc2)c(=O)[nH]c1=O. The predicted octanol–water partition coefficient (Wildman–Crippen LogP) is 2.95. The number of nitrogens with one attached hydrogen (secondary N) is 1. The summed E-state index contributed by atoms with van der Waals surface area (Å²) in [6.07, 6.45) is 0.507. The van der Waals surface area contributed by atoms with Gasteiger partial charge in [0.2, 0.25) is 5.91 Å². The zero-order valence-electron chi connectivity index (χ0n) is 19.7. The minimum atomic E-state index is -0.686. The van der Waals surface area contributed by atoms with Crippen molar-refractivity contribution in [2.45, 2.75) is 31.7 Å². The Labute approximate surface area is 202 Å². The molecule has 1 amide bonds. The number of thioether (sulfide) groups is 1. The molecule has 0 saturated heterocycles. The van der Waals surface area contributed by atoms with Crippen LogP contribution in [-0.2, 0) is 16.1 Å². The Kier molecular flexibility index (Phi) is 8.72. The molecule has 0 atom stereocenters. The first-order valence-electron chi connectivity index (χ1n) is 11.0. The Morgan fingerprint density at radius 3 is 2.59 bits per heavy atom. The summed E-state index contributed by atoms with van der Waals surface area (Å²) in [6.45, 7) is 4.81. The van der Waals surface area contributed by atoms with E-state index in [1.807, 2.05) is 62.4 Å².